The third-order valence-corrected chi connectivity index (χ3v) is 2.04. The fourth-order valence-corrected chi connectivity index (χ4v) is 1.24. The highest BCUT2D eigenvalue weighted by molar-refractivity contribution is 7.80. The molecule has 2 N–H and O–H groups in total. The maximum absolute atomic E-state index is 11.7. The summed E-state index contributed by atoms with van der Waals surface area (Å²) in [4.78, 5) is 12.0. The summed E-state index contributed by atoms with van der Waals surface area (Å²) in [5.74, 6) is -0.345. The van der Waals surface area contributed by atoms with Crippen molar-refractivity contribution in [3.05, 3.63) is 35.4 Å². The first kappa shape index (κ1) is 12.6. The van der Waals surface area contributed by atoms with Gasteiger partial charge in [-0.3, -0.25) is 0 Å². The molecule has 0 fully saturated rings. The van der Waals surface area contributed by atoms with Crippen molar-refractivity contribution >= 4 is 23.2 Å². The largest absolute Gasteiger partial charge is 0.456 e. The number of nitrogens with two attached hydrogens (primary N) is 1. The summed E-state index contributed by atoms with van der Waals surface area (Å²) in [6.07, 6.45) is 0. The molecule has 1 aromatic carbocycles. The van der Waals surface area contributed by atoms with E-state index in [4.69, 9.17) is 22.7 Å². The lowest BCUT2D eigenvalue weighted by Crippen LogP contribution is -2.23. The molecule has 86 valence electrons. The molecular weight excluding hydrogens is 222 g/mol. The Bertz CT molecular complexity index is 404. The van der Waals surface area contributed by atoms with Crippen LogP contribution in [-0.4, -0.2) is 16.6 Å². The number of carbonyl (C=O) groups is 1. The molecule has 1 aromatic rings. The Kier molecular flexibility index (Phi) is 3.65. The molecule has 3 nitrogen and oxygen atoms in total. The van der Waals surface area contributed by atoms with Crippen LogP contribution in [-0.2, 0) is 4.74 Å². The number of esters is 1. The maximum Gasteiger partial charge on any atom is 0.338 e. The smallest absolute Gasteiger partial charge is 0.338 e. The Balaban J connectivity index is 2.82. The van der Waals surface area contributed by atoms with Crippen molar-refractivity contribution in [2.75, 3.05) is 0 Å². The highest BCUT2D eigenvalue weighted by atomic mass is 32.1. The lowest BCUT2D eigenvalue weighted by atomic mass is 10.1. The van der Waals surface area contributed by atoms with Crippen LogP contribution in [0.25, 0.3) is 0 Å². The number of hydrogen-bond donors (Lipinski definition) is 1. The second kappa shape index (κ2) is 4.61. The zero-order valence-corrected chi connectivity index (χ0v) is 10.4. The Morgan fingerprint density at radius 1 is 1.19 bits per heavy atom. The van der Waals surface area contributed by atoms with E-state index in [1.807, 2.05) is 20.8 Å². The molecule has 0 bridgehead atoms. The summed E-state index contributed by atoms with van der Waals surface area (Å²) < 4.78 is 5.22. The Labute approximate surface area is 101 Å². The van der Waals surface area contributed by atoms with Crippen molar-refractivity contribution in [2.45, 2.75) is 26.4 Å². The zero-order chi connectivity index (χ0) is 12.3. The molecule has 0 spiro atoms. The minimum Gasteiger partial charge on any atom is -0.456 e. The maximum atomic E-state index is 11.7. The van der Waals surface area contributed by atoms with Gasteiger partial charge in [0.2, 0.25) is 0 Å². The summed E-state index contributed by atoms with van der Waals surface area (Å²) >= 11 is 4.82. The molecule has 0 unspecified atom stereocenters. The van der Waals surface area contributed by atoms with Gasteiger partial charge in [0, 0.05) is 5.56 Å². The summed E-state index contributed by atoms with van der Waals surface area (Å²) in [7, 11) is 0. The Hall–Kier alpha value is -1.42. The van der Waals surface area contributed by atoms with Gasteiger partial charge >= 0.3 is 5.97 Å². The van der Waals surface area contributed by atoms with Crippen LogP contribution < -0.4 is 5.73 Å². The number of rotatable bonds is 2. The van der Waals surface area contributed by atoms with Crippen LogP contribution in [0.2, 0.25) is 0 Å². The van der Waals surface area contributed by atoms with E-state index in [9.17, 15) is 4.79 Å². The second-order valence-electron chi connectivity index (χ2n) is 4.44. The van der Waals surface area contributed by atoms with Gasteiger partial charge in [-0.15, -0.1) is 0 Å². The van der Waals surface area contributed by atoms with Gasteiger partial charge < -0.3 is 10.5 Å². The van der Waals surface area contributed by atoms with Crippen LogP contribution in [0.5, 0.6) is 0 Å². The van der Waals surface area contributed by atoms with Crippen molar-refractivity contribution in [2.24, 2.45) is 5.73 Å². The standard InChI is InChI=1S/C12H15NO2S/c1-12(2,3)15-11(14)9-6-4-8(5-7-9)10(13)16/h4-7H,1-3H3,(H2,13,16). The molecule has 0 aliphatic heterocycles. The molecule has 0 heterocycles. The van der Waals surface area contributed by atoms with Gasteiger partial charge in [0.15, 0.2) is 0 Å². The van der Waals surface area contributed by atoms with Gasteiger partial charge in [0.25, 0.3) is 0 Å². The lowest BCUT2D eigenvalue weighted by Gasteiger charge is -2.19. The minimum atomic E-state index is -0.487. The van der Waals surface area contributed by atoms with E-state index in [0.717, 1.165) is 5.56 Å². The van der Waals surface area contributed by atoms with E-state index in [0.29, 0.717) is 10.6 Å². The van der Waals surface area contributed by atoms with Gasteiger partial charge in [0.1, 0.15) is 10.6 Å². The predicted octanol–water partition coefficient (Wildman–Crippen LogP) is 2.28. The quantitative estimate of drug-likeness (QED) is 0.633. The third-order valence-electron chi connectivity index (χ3n) is 1.80. The predicted molar refractivity (Wildman–Crippen MR) is 67.5 cm³/mol. The molecule has 0 atom stereocenters. The fourth-order valence-electron chi connectivity index (χ4n) is 1.11. The summed E-state index contributed by atoms with van der Waals surface area (Å²) in [6.45, 7) is 5.48. The van der Waals surface area contributed by atoms with Crippen molar-refractivity contribution in [3.63, 3.8) is 0 Å². The monoisotopic (exact) mass is 237 g/mol. The van der Waals surface area contributed by atoms with Crippen molar-refractivity contribution in [3.8, 4) is 0 Å². The minimum absolute atomic E-state index is 0.315. The number of hydrogen-bond acceptors (Lipinski definition) is 3. The molecule has 4 heteroatoms. The summed E-state index contributed by atoms with van der Waals surface area (Å²) in [5.41, 5.74) is 6.20. The molecule has 0 saturated heterocycles. The van der Waals surface area contributed by atoms with Gasteiger partial charge in [-0.25, -0.2) is 4.79 Å². The number of ether oxygens (including phenoxy) is 1. The number of benzene rings is 1. The van der Waals surface area contributed by atoms with Crippen LogP contribution in [0.4, 0.5) is 0 Å². The first-order chi connectivity index (χ1) is 7.29. The van der Waals surface area contributed by atoms with E-state index in [-0.39, 0.29) is 5.97 Å². The normalized spacial score (nSPS) is 10.9. The average Bonchev–Trinajstić information content (AvgIpc) is 2.15. The van der Waals surface area contributed by atoms with Crippen molar-refractivity contribution in [1.82, 2.24) is 0 Å². The molecule has 0 aromatic heterocycles. The van der Waals surface area contributed by atoms with E-state index in [2.05, 4.69) is 0 Å². The summed E-state index contributed by atoms with van der Waals surface area (Å²) in [5, 5.41) is 0. The van der Waals surface area contributed by atoms with Crippen molar-refractivity contribution in [1.29, 1.82) is 0 Å². The number of thiocarbonyl (C=S) groups is 1. The zero-order valence-electron chi connectivity index (χ0n) is 9.61. The average molecular weight is 237 g/mol. The molecule has 0 aliphatic carbocycles. The molecule has 1 rings (SSSR count). The van der Waals surface area contributed by atoms with Crippen LogP contribution in [0.3, 0.4) is 0 Å². The van der Waals surface area contributed by atoms with Gasteiger partial charge in [0.05, 0.1) is 5.56 Å². The first-order valence-corrected chi connectivity index (χ1v) is 5.33. The molecule has 0 amide bonds. The second-order valence-corrected chi connectivity index (χ2v) is 4.88. The van der Waals surface area contributed by atoms with Crippen LogP contribution in [0, 0.1) is 0 Å². The Morgan fingerprint density at radius 3 is 2.00 bits per heavy atom. The molecule has 0 aliphatic rings. The van der Waals surface area contributed by atoms with Crippen LogP contribution in [0.1, 0.15) is 36.7 Å². The molecule has 0 saturated carbocycles. The van der Waals surface area contributed by atoms with Crippen LogP contribution in [0.15, 0.2) is 24.3 Å². The van der Waals surface area contributed by atoms with Gasteiger partial charge in [-0.05, 0) is 32.9 Å². The Morgan fingerprint density at radius 2 is 1.62 bits per heavy atom. The van der Waals surface area contributed by atoms with E-state index in [1.165, 1.54) is 0 Å². The molecular formula is C12H15NO2S. The van der Waals surface area contributed by atoms with Gasteiger partial charge in [-0.2, -0.15) is 0 Å². The third kappa shape index (κ3) is 3.62. The van der Waals surface area contributed by atoms with E-state index in [1.54, 1.807) is 24.3 Å². The van der Waals surface area contributed by atoms with Gasteiger partial charge in [-0.1, -0.05) is 24.4 Å². The topological polar surface area (TPSA) is 52.3 Å². The summed E-state index contributed by atoms with van der Waals surface area (Å²) in [6, 6.07) is 6.73. The number of carbonyl (C=O) groups excluding carboxylic acids is 1. The lowest BCUT2D eigenvalue weighted by molar-refractivity contribution is 0.00696. The van der Waals surface area contributed by atoms with E-state index < -0.39 is 5.60 Å². The molecule has 0 radical (unpaired) electrons. The highest BCUT2D eigenvalue weighted by Gasteiger charge is 2.17. The fraction of sp³-hybridized carbons (Fsp3) is 0.333. The molecule has 16 heavy (non-hydrogen) atoms. The highest BCUT2D eigenvalue weighted by Crippen LogP contribution is 2.12. The SMILES string of the molecule is CC(C)(C)OC(=O)c1ccc(C(N)=S)cc1. The van der Waals surface area contributed by atoms with Crippen LogP contribution >= 0.6 is 12.2 Å². The van der Waals surface area contributed by atoms with Crippen molar-refractivity contribution < 1.29 is 9.53 Å². The van der Waals surface area contributed by atoms with E-state index >= 15 is 0 Å². The first-order valence-electron chi connectivity index (χ1n) is 4.93.